The predicted molar refractivity (Wildman–Crippen MR) is 102 cm³/mol. The smallest absolute Gasteiger partial charge is 0.274 e. The van der Waals surface area contributed by atoms with Crippen LogP contribution in [0.1, 0.15) is 26.5 Å². The minimum Gasteiger partial charge on any atom is -0.495 e. The minimum atomic E-state index is -0.438. The summed E-state index contributed by atoms with van der Waals surface area (Å²) in [5.41, 5.74) is 1.65. The number of rotatable bonds is 4. The van der Waals surface area contributed by atoms with Gasteiger partial charge in [0.15, 0.2) is 0 Å². The average molecular weight is 390 g/mol. The Balaban J connectivity index is 1.80. The van der Waals surface area contributed by atoms with Crippen LogP contribution in [0.4, 0.5) is 5.69 Å². The van der Waals surface area contributed by atoms with Gasteiger partial charge < -0.3 is 19.7 Å². The summed E-state index contributed by atoms with van der Waals surface area (Å²) in [6.45, 7) is 3.86. The molecule has 0 radical (unpaired) electrons. The van der Waals surface area contributed by atoms with Crippen LogP contribution in [-0.2, 0) is 4.74 Å². The molecule has 0 bridgehead atoms. The van der Waals surface area contributed by atoms with E-state index in [1.807, 2.05) is 6.92 Å². The van der Waals surface area contributed by atoms with Gasteiger partial charge in [-0.25, -0.2) is 4.98 Å². The van der Waals surface area contributed by atoms with Gasteiger partial charge in [0.25, 0.3) is 11.8 Å². The van der Waals surface area contributed by atoms with Crippen LogP contribution in [0.25, 0.3) is 0 Å². The van der Waals surface area contributed by atoms with Crippen molar-refractivity contribution in [3.8, 4) is 5.75 Å². The van der Waals surface area contributed by atoms with Crippen LogP contribution in [-0.4, -0.2) is 55.1 Å². The van der Waals surface area contributed by atoms with Crippen LogP contribution in [0.5, 0.6) is 5.75 Å². The first-order valence-electron chi connectivity index (χ1n) is 8.49. The fourth-order valence-electron chi connectivity index (χ4n) is 2.72. The molecule has 0 unspecified atom stereocenters. The summed E-state index contributed by atoms with van der Waals surface area (Å²) >= 11 is 6.09. The highest BCUT2D eigenvalue weighted by Gasteiger charge is 2.21. The Morgan fingerprint density at radius 2 is 1.93 bits per heavy atom. The third kappa shape index (κ3) is 4.37. The number of anilines is 1. The van der Waals surface area contributed by atoms with Crippen molar-refractivity contribution in [2.45, 2.75) is 6.92 Å². The first-order chi connectivity index (χ1) is 13.0. The number of carbonyl (C=O) groups excluding carboxylic acids is 2. The summed E-state index contributed by atoms with van der Waals surface area (Å²) in [5.74, 6) is -0.209. The second kappa shape index (κ2) is 8.37. The Hall–Kier alpha value is -2.64. The van der Waals surface area contributed by atoms with Crippen LogP contribution >= 0.6 is 11.6 Å². The molecule has 3 rings (SSSR count). The Morgan fingerprint density at radius 1 is 1.22 bits per heavy atom. The number of benzene rings is 1. The normalized spacial score (nSPS) is 14.0. The van der Waals surface area contributed by atoms with Gasteiger partial charge in [0, 0.05) is 24.2 Å². The molecule has 2 amide bonds. The van der Waals surface area contributed by atoms with Crippen molar-refractivity contribution in [3.05, 3.63) is 52.3 Å². The summed E-state index contributed by atoms with van der Waals surface area (Å²) in [6, 6.07) is 8.16. The van der Waals surface area contributed by atoms with Gasteiger partial charge in [-0.05, 0) is 30.7 Å². The van der Waals surface area contributed by atoms with E-state index in [1.165, 1.54) is 7.11 Å². The molecule has 8 heteroatoms. The van der Waals surface area contributed by atoms with E-state index in [1.54, 1.807) is 35.2 Å². The number of aromatic nitrogens is 1. The summed E-state index contributed by atoms with van der Waals surface area (Å²) in [4.78, 5) is 31.1. The van der Waals surface area contributed by atoms with Gasteiger partial charge in [-0.1, -0.05) is 17.7 Å². The van der Waals surface area contributed by atoms with Gasteiger partial charge in [0.2, 0.25) is 0 Å². The largest absolute Gasteiger partial charge is 0.495 e. The molecule has 1 N–H and O–H groups in total. The van der Waals surface area contributed by atoms with Crippen molar-refractivity contribution in [3.63, 3.8) is 0 Å². The Kier molecular flexibility index (Phi) is 5.93. The summed E-state index contributed by atoms with van der Waals surface area (Å²) in [6.07, 6.45) is 0. The van der Waals surface area contributed by atoms with Gasteiger partial charge in [0.05, 0.1) is 26.0 Å². The number of nitrogens with one attached hydrogen (secondary N) is 1. The number of morpholine rings is 1. The third-order valence-electron chi connectivity index (χ3n) is 4.23. The molecule has 1 fully saturated rings. The van der Waals surface area contributed by atoms with E-state index >= 15 is 0 Å². The molecule has 1 aromatic heterocycles. The lowest BCUT2D eigenvalue weighted by molar-refractivity contribution is 0.0299. The highest BCUT2D eigenvalue weighted by atomic mass is 35.5. The molecular weight excluding hydrogens is 370 g/mol. The molecule has 1 saturated heterocycles. The zero-order chi connectivity index (χ0) is 19.4. The number of halogens is 1. The average Bonchev–Trinajstić information content (AvgIpc) is 2.70. The summed E-state index contributed by atoms with van der Waals surface area (Å²) < 4.78 is 10.5. The Labute approximate surface area is 162 Å². The summed E-state index contributed by atoms with van der Waals surface area (Å²) in [7, 11) is 1.50. The lowest BCUT2D eigenvalue weighted by atomic mass is 10.2. The molecule has 2 heterocycles. The van der Waals surface area contributed by atoms with E-state index < -0.39 is 5.91 Å². The number of hydrogen-bond acceptors (Lipinski definition) is 5. The lowest BCUT2D eigenvalue weighted by Crippen LogP contribution is -2.41. The number of nitrogens with zero attached hydrogens (tertiary/aromatic N) is 2. The van der Waals surface area contributed by atoms with Crippen molar-refractivity contribution in [1.29, 1.82) is 0 Å². The monoisotopic (exact) mass is 389 g/mol. The fourth-order valence-corrected chi connectivity index (χ4v) is 2.88. The van der Waals surface area contributed by atoms with E-state index in [0.29, 0.717) is 42.8 Å². The molecule has 2 aromatic rings. The van der Waals surface area contributed by atoms with Crippen molar-refractivity contribution < 1.29 is 19.1 Å². The highest BCUT2D eigenvalue weighted by Crippen LogP contribution is 2.31. The number of carbonyl (C=O) groups is 2. The van der Waals surface area contributed by atoms with Crippen LogP contribution in [0.2, 0.25) is 5.02 Å². The molecule has 1 aliphatic heterocycles. The van der Waals surface area contributed by atoms with Gasteiger partial charge in [0.1, 0.15) is 17.1 Å². The van der Waals surface area contributed by atoms with Gasteiger partial charge in [-0.3, -0.25) is 9.59 Å². The topological polar surface area (TPSA) is 80.8 Å². The number of ether oxygens (including phenoxy) is 2. The Bertz CT molecular complexity index is 866. The van der Waals surface area contributed by atoms with E-state index in [4.69, 9.17) is 21.1 Å². The van der Waals surface area contributed by atoms with Crippen molar-refractivity contribution >= 4 is 29.1 Å². The first-order valence-corrected chi connectivity index (χ1v) is 8.87. The van der Waals surface area contributed by atoms with E-state index in [0.717, 1.165) is 5.56 Å². The molecule has 1 aliphatic rings. The quantitative estimate of drug-likeness (QED) is 0.869. The fraction of sp³-hybridized carbons (Fsp3) is 0.316. The highest BCUT2D eigenvalue weighted by molar-refractivity contribution is 6.31. The first kappa shape index (κ1) is 19.1. The molecule has 0 spiro atoms. The number of pyridine rings is 1. The minimum absolute atomic E-state index is 0.142. The maximum Gasteiger partial charge on any atom is 0.274 e. The molecule has 0 atom stereocenters. The zero-order valence-electron chi connectivity index (χ0n) is 15.1. The van der Waals surface area contributed by atoms with Crippen molar-refractivity contribution in [2.24, 2.45) is 0 Å². The second-order valence-electron chi connectivity index (χ2n) is 6.07. The van der Waals surface area contributed by atoms with Crippen LogP contribution in [0.15, 0.2) is 30.3 Å². The van der Waals surface area contributed by atoms with Gasteiger partial charge in [-0.2, -0.15) is 0 Å². The molecule has 27 heavy (non-hydrogen) atoms. The van der Waals surface area contributed by atoms with E-state index in [9.17, 15) is 9.59 Å². The van der Waals surface area contributed by atoms with E-state index in [-0.39, 0.29) is 17.3 Å². The van der Waals surface area contributed by atoms with Crippen molar-refractivity contribution in [1.82, 2.24) is 9.88 Å². The molecule has 142 valence electrons. The molecule has 1 aromatic carbocycles. The van der Waals surface area contributed by atoms with Crippen LogP contribution < -0.4 is 10.1 Å². The number of amides is 2. The Morgan fingerprint density at radius 3 is 2.63 bits per heavy atom. The van der Waals surface area contributed by atoms with E-state index in [2.05, 4.69) is 10.3 Å². The SMILES string of the molecule is COc1cc(Cl)c(C)cc1NC(=O)c1cccc(C(=O)N2CCOCC2)n1. The molecule has 7 nitrogen and oxygen atoms in total. The number of methoxy groups -OCH3 is 1. The predicted octanol–water partition coefficient (Wildman–Crippen LogP) is 2.78. The summed E-state index contributed by atoms with van der Waals surface area (Å²) in [5, 5.41) is 3.30. The maximum absolute atomic E-state index is 12.6. The number of hydrogen-bond donors (Lipinski definition) is 1. The molecular formula is C19H20ClN3O4. The maximum atomic E-state index is 12.6. The van der Waals surface area contributed by atoms with Crippen molar-refractivity contribution in [2.75, 3.05) is 38.7 Å². The van der Waals surface area contributed by atoms with Crippen LogP contribution in [0, 0.1) is 6.92 Å². The lowest BCUT2D eigenvalue weighted by Gasteiger charge is -2.26. The molecule has 0 saturated carbocycles. The third-order valence-corrected chi connectivity index (χ3v) is 4.64. The number of aryl methyl sites for hydroxylation is 1. The van der Waals surface area contributed by atoms with Crippen LogP contribution in [0.3, 0.4) is 0 Å². The van der Waals surface area contributed by atoms with Gasteiger partial charge >= 0.3 is 0 Å². The van der Waals surface area contributed by atoms with Gasteiger partial charge in [-0.15, -0.1) is 0 Å². The zero-order valence-corrected chi connectivity index (χ0v) is 15.9. The molecule has 0 aliphatic carbocycles. The second-order valence-corrected chi connectivity index (χ2v) is 6.48. The standard InChI is InChI=1S/C19H20ClN3O4/c1-12-10-16(17(26-2)11-13(12)20)22-18(24)14-4-3-5-15(21-14)19(25)23-6-8-27-9-7-23/h3-5,10-11H,6-9H2,1-2H3,(H,22,24).